The first kappa shape index (κ1) is 22.6. The first-order valence-corrected chi connectivity index (χ1v) is 9.90. The van der Waals surface area contributed by atoms with Crippen LogP contribution in [0.1, 0.15) is 46.5 Å². The summed E-state index contributed by atoms with van der Waals surface area (Å²) in [6.45, 7) is 2.21. The third-order valence-corrected chi connectivity index (χ3v) is 5.05. The molecule has 3 rings (SSSR count). The molecule has 31 heavy (non-hydrogen) atoms. The number of alkyl halides is 3. The Morgan fingerprint density at radius 3 is 2.29 bits per heavy atom. The number of rotatable bonds is 8. The number of amides is 1. The van der Waals surface area contributed by atoms with E-state index in [0.29, 0.717) is 30.0 Å². The van der Waals surface area contributed by atoms with E-state index in [1.807, 2.05) is 30.3 Å². The molecule has 8 heteroatoms. The minimum absolute atomic E-state index is 0.173. The Hall–Kier alpha value is -3.13. The summed E-state index contributed by atoms with van der Waals surface area (Å²) in [6.07, 6.45) is -3.89. The molecule has 0 aliphatic rings. The molecule has 164 valence electrons. The maximum Gasteiger partial charge on any atom is 0.416 e. The number of halogens is 3. The van der Waals surface area contributed by atoms with Crippen LogP contribution < -0.4 is 10.6 Å². The minimum Gasteiger partial charge on any atom is -0.361 e. The highest BCUT2D eigenvalue weighted by atomic mass is 19.4. The van der Waals surface area contributed by atoms with Crippen LogP contribution in [0.3, 0.4) is 0 Å². The van der Waals surface area contributed by atoms with Crippen LogP contribution in [0.4, 0.5) is 13.2 Å². The molecule has 2 atom stereocenters. The van der Waals surface area contributed by atoms with Gasteiger partial charge < -0.3 is 15.2 Å². The molecular weight excluding hydrogens is 407 g/mol. The second kappa shape index (κ2) is 9.78. The number of nitrogens with one attached hydrogen (secondary N) is 2. The summed E-state index contributed by atoms with van der Waals surface area (Å²) >= 11 is 0. The summed E-state index contributed by atoms with van der Waals surface area (Å²) in [4.78, 5) is 12.4. The van der Waals surface area contributed by atoms with Crippen molar-refractivity contribution in [1.29, 1.82) is 0 Å². The minimum atomic E-state index is -4.39. The number of aromatic nitrogens is 1. The SMILES string of the molecule is CNC(=O)[C@H](NCC[C@@H](c1ccc(C(F)(F)F)cc1)c1cc(C)no1)c1ccccc1. The molecule has 2 aromatic carbocycles. The highest BCUT2D eigenvalue weighted by Crippen LogP contribution is 2.33. The number of nitrogens with zero attached hydrogens (tertiary/aromatic N) is 1. The van der Waals surface area contributed by atoms with Crippen molar-refractivity contribution in [2.75, 3.05) is 13.6 Å². The van der Waals surface area contributed by atoms with E-state index in [1.54, 1.807) is 20.0 Å². The number of carbonyl (C=O) groups excluding carboxylic acids is 1. The van der Waals surface area contributed by atoms with Gasteiger partial charge in [0.15, 0.2) is 0 Å². The number of hydrogen-bond donors (Lipinski definition) is 2. The number of likely N-dealkylation sites (N-methyl/N-ethyl adjacent to an activating group) is 1. The normalized spacial score (nSPS) is 13.6. The van der Waals surface area contributed by atoms with E-state index in [4.69, 9.17) is 4.52 Å². The van der Waals surface area contributed by atoms with Gasteiger partial charge in [-0.1, -0.05) is 47.6 Å². The summed E-state index contributed by atoms with van der Waals surface area (Å²) < 4.78 is 44.2. The quantitative estimate of drug-likeness (QED) is 0.547. The lowest BCUT2D eigenvalue weighted by molar-refractivity contribution is -0.137. The van der Waals surface area contributed by atoms with E-state index in [2.05, 4.69) is 15.8 Å². The van der Waals surface area contributed by atoms with Crippen molar-refractivity contribution in [1.82, 2.24) is 15.8 Å². The van der Waals surface area contributed by atoms with Crippen molar-refractivity contribution in [3.63, 3.8) is 0 Å². The van der Waals surface area contributed by atoms with Crippen LogP contribution in [0, 0.1) is 6.92 Å². The summed E-state index contributed by atoms with van der Waals surface area (Å²) in [5.41, 5.74) is 1.49. The number of carbonyl (C=O) groups is 1. The molecule has 2 N–H and O–H groups in total. The summed E-state index contributed by atoms with van der Waals surface area (Å²) in [6, 6.07) is 15.6. The summed E-state index contributed by atoms with van der Waals surface area (Å²) in [7, 11) is 1.57. The maximum absolute atomic E-state index is 12.9. The molecule has 0 bridgehead atoms. The van der Waals surface area contributed by atoms with E-state index in [0.717, 1.165) is 17.7 Å². The topological polar surface area (TPSA) is 67.2 Å². The maximum atomic E-state index is 12.9. The van der Waals surface area contributed by atoms with Crippen molar-refractivity contribution in [3.05, 3.63) is 88.8 Å². The molecule has 3 aromatic rings. The number of hydrogen-bond acceptors (Lipinski definition) is 4. The van der Waals surface area contributed by atoms with Gasteiger partial charge in [0.2, 0.25) is 5.91 Å². The van der Waals surface area contributed by atoms with Crippen LogP contribution in [0.5, 0.6) is 0 Å². The van der Waals surface area contributed by atoms with E-state index in [9.17, 15) is 18.0 Å². The first-order valence-electron chi connectivity index (χ1n) is 9.90. The fraction of sp³-hybridized carbons (Fsp3) is 0.304. The predicted octanol–water partition coefficient (Wildman–Crippen LogP) is 4.60. The van der Waals surface area contributed by atoms with Crippen LogP contribution in [0.25, 0.3) is 0 Å². The lowest BCUT2D eigenvalue weighted by Gasteiger charge is -2.20. The first-order chi connectivity index (χ1) is 14.8. The molecule has 0 aliphatic heterocycles. The van der Waals surface area contributed by atoms with Crippen molar-refractivity contribution < 1.29 is 22.5 Å². The van der Waals surface area contributed by atoms with Crippen LogP contribution in [-0.2, 0) is 11.0 Å². The number of aryl methyl sites for hydroxylation is 1. The van der Waals surface area contributed by atoms with Crippen molar-refractivity contribution in [3.8, 4) is 0 Å². The van der Waals surface area contributed by atoms with Crippen LogP contribution in [0.15, 0.2) is 65.2 Å². The fourth-order valence-corrected chi connectivity index (χ4v) is 3.45. The molecule has 1 heterocycles. The molecular formula is C23H24F3N3O2. The zero-order valence-corrected chi connectivity index (χ0v) is 17.2. The molecule has 0 saturated heterocycles. The molecule has 0 fully saturated rings. The highest BCUT2D eigenvalue weighted by Gasteiger charge is 2.30. The van der Waals surface area contributed by atoms with Crippen LogP contribution in [0.2, 0.25) is 0 Å². The van der Waals surface area contributed by atoms with Crippen LogP contribution >= 0.6 is 0 Å². The monoisotopic (exact) mass is 431 g/mol. The summed E-state index contributed by atoms with van der Waals surface area (Å²) in [5.74, 6) is 0.0835. The smallest absolute Gasteiger partial charge is 0.361 e. The Balaban J connectivity index is 1.78. The molecule has 1 aromatic heterocycles. The van der Waals surface area contributed by atoms with Gasteiger partial charge in [0.25, 0.3) is 0 Å². The zero-order chi connectivity index (χ0) is 22.4. The summed E-state index contributed by atoms with van der Waals surface area (Å²) in [5, 5.41) is 9.81. The lowest BCUT2D eigenvalue weighted by Crippen LogP contribution is -2.36. The van der Waals surface area contributed by atoms with Gasteiger partial charge in [0, 0.05) is 19.0 Å². The zero-order valence-electron chi connectivity index (χ0n) is 17.2. The third kappa shape index (κ3) is 5.73. The Kier molecular flexibility index (Phi) is 7.12. The van der Waals surface area contributed by atoms with E-state index in [-0.39, 0.29) is 11.8 Å². The standard InChI is InChI=1S/C23H24F3N3O2/c1-15-14-20(31-29-15)19(16-8-10-18(11-9-16)23(24,25)26)12-13-28-21(22(30)27-2)17-6-4-3-5-7-17/h3-11,14,19,21,28H,12-13H2,1-2H3,(H,27,30)/t19-,21+/m0/s1. The lowest BCUT2D eigenvalue weighted by atomic mass is 9.92. The number of benzene rings is 2. The average Bonchev–Trinajstić information content (AvgIpc) is 3.19. The second-order valence-corrected chi connectivity index (χ2v) is 7.24. The Morgan fingerprint density at radius 1 is 1.06 bits per heavy atom. The predicted molar refractivity (Wildman–Crippen MR) is 110 cm³/mol. The van der Waals surface area contributed by atoms with Gasteiger partial charge >= 0.3 is 6.18 Å². The molecule has 1 amide bonds. The average molecular weight is 431 g/mol. The van der Waals surface area contributed by atoms with E-state index < -0.39 is 17.8 Å². The van der Waals surface area contributed by atoms with Gasteiger partial charge in [-0.25, -0.2) is 0 Å². The van der Waals surface area contributed by atoms with E-state index >= 15 is 0 Å². The van der Waals surface area contributed by atoms with Gasteiger partial charge in [-0.15, -0.1) is 0 Å². The molecule has 0 unspecified atom stereocenters. The molecule has 0 radical (unpaired) electrons. The Bertz CT molecular complexity index is 985. The highest BCUT2D eigenvalue weighted by molar-refractivity contribution is 5.82. The van der Waals surface area contributed by atoms with Crippen molar-refractivity contribution in [2.45, 2.75) is 31.5 Å². The van der Waals surface area contributed by atoms with Gasteiger partial charge in [0.05, 0.1) is 11.3 Å². The van der Waals surface area contributed by atoms with Crippen molar-refractivity contribution in [2.24, 2.45) is 0 Å². The van der Waals surface area contributed by atoms with Crippen LogP contribution in [-0.4, -0.2) is 24.7 Å². The molecule has 5 nitrogen and oxygen atoms in total. The van der Waals surface area contributed by atoms with Crippen molar-refractivity contribution >= 4 is 5.91 Å². The van der Waals surface area contributed by atoms with Gasteiger partial charge in [-0.3, -0.25) is 4.79 Å². The molecule has 0 saturated carbocycles. The molecule has 0 spiro atoms. The third-order valence-electron chi connectivity index (χ3n) is 5.05. The van der Waals surface area contributed by atoms with Gasteiger partial charge in [-0.05, 0) is 43.1 Å². The Labute approximate surface area is 178 Å². The van der Waals surface area contributed by atoms with E-state index in [1.165, 1.54) is 12.1 Å². The second-order valence-electron chi connectivity index (χ2n) is 7.24. The Morgan fingerprint density at radius 2 is 1.74 bits per heavy atom. The largest absolute Gasteiger partial charge is 0.416 e. The van der Waals surface area contributed by atoms with Gasteiger partial charge in [0.1, 0.15) is 11.8 Å². The molecule has 0 aliphatic carbocycles. The fourth-order valence-electron chi connectivity index (χ4n) is 3.45. The van der Waals surface area contributed by atoms with Gasteiger partial charge in [-0.2, -0.15) is 13.2 Å².